The maximum atomic E-state index is 13.1. The van der Waals surface area contributed by atoms with E-state index >= 15 is 0 Å². The van der Waals surface area contributed by atoms with Gasteiger partial charge in [0, 0.05) is 17.5 Å². The predicted molar refractivity (Wildman–Crippen MR) is 94.1 cm³/mol. The summed E-state index contributed by atoms with van der Waals surface area (Å²) in [6.45, 7) is 2.00. The first kappa shape index (κ1) is 16.1. The SMILES string of the molecule is Cc1cc(O)c([C@@H]2OC(=O)c3ccccc32)c(=O)n1Cc1ccccn1. The van der Waals surface area contributed by atoms with Crippen molar-refractivity contribution >= 4 is 5.97 Å². The number of rotatable bonds is 3. The number of aromatic nitrogens is 2. The summed E-state index contributed by atoms with van der Waals surface area (Å²) in [7, 11) is 0. The summed E-state index contributed by atoms with van der Waals surface area (Å²) in [4.78, 5) is 29.4. The number of pyridine rings is 2. The van der Waals surface area contributed by atoms with Crippen LogP contribution in [0.3, 0.4) is 0 Å². The van der Waals surface area contributed by atoms with Gasteiger partial charge in [-0.2, -0.15) is 0 Å². The highest BCUT2D eigenvalue weighted by Gasteiger charge is 2.35. The molecule has 1 aromatic carbocycles. The lowest BCUT2D eigenvalue weighted by Gasteiger charge is -2.17. The molecule has 0 amide bonds. The van der Waals surface area contributed by atoms with Crippen LogP contribution in [0.1, 0.15) is 39.0 Å². The van der Waals surface area contributed by atoms with Gasteiger partial charge in [-0.05, 0) is 31.2 Å². The number of fused-ring (bicyclic) bond motifs is 1. The number of hydrogen-bond donors (Lipinski definition) is 1. The third-order valence-electron chi connectivity index (χ3n) is 4.52. The van der Waals surface area contributed by atoms with Crippen LogP contribution in [0, 0.1) is 6.92 Å². The molecule has 1 aliphatic heterocycles. The third kappa shape index (κ3) is 2.56. The van der Waals surface area contributed by atoms with Crippen molar-refractivity contribution in [2.75, 3.05) is 0 Å². The minimum absolute atomic E-state index is 0.0600. The first-order valence-corrected chi connectivity index (χ1v) is 8.19. The summed E-state index contributed by atoms with van der Waals surface area (Å²) in [5.74, 6) is -0.680. The summed E-state index contributed by atoms with van der Waals surface area (Å²) >= 11 is 0. The van der Waals surface area contributed by atoms with Crippen LogP contribution in [0.5, 0.6) is 5.75 Å². The number of esters is 1. The summed E-state index contributed by atoms with van der Waals surface area (Å²) in [5.41, 5.74) is 1.97. The van der Waals surface area contributed by atoms with Gasteiger partial charge in [-0.1, -0.05) is 24.3 Å². The van der Waals surface area contributed by atoms with Crippen LogP contribution in [-0.2, 0) is 11.3 Å². The largest absolute Gasteiger partial charge is 0.507 e. The number of aromatic hydroxyl groups is 1. The van der Waals surface area contributed by atoms with Crippen LogP contribution in [0.4, 0.5) is 0 Å². The zero-order chi connectivity index (χ0) is 18.3. The molecule has 0 spiro atoms. The standard InChI is InChI=1S/C20H16N2O4/c1-12-10-16(23)17(18-14-7-2-3-8-15(14)20(25)26-18)19(24)22(12)11-13-6-4-5-9-21-13/h2-10,18,23H,11H2,1H3/t18-/m1/s1. The topological polar surface area (TPSA) is 81.4 Å². The van der Waals surface area contributed by atoms with Gasteiger partial charge < -0.3 is 14.4 Å². The van der Waals surface area contributed by atoms with Crippen LogP contribution in [0.15, 0.2) is 59.5 Å². The van der Waals surface area contributed by atoms with E-state index in [0.29, 0.717) is 16.8 Å². The van der Waals surface area contributed by atoms with Gasteiger partial charge in [0.15, 0.2) is 6.10 Å². The summed E-state index contributed by atoms with van der Waals surface area (Å²) < 4.78 is 6.92. The number of cyclic esters (lactones) is 1. The summed E-state index contributed by atoms with van der Waals surface area (Å²) in [6, 6.07) is 13.9. The van der Waals surface area contributed by atoms with E-state index in [2.05, 4.69) is 4.98 Å². The van der Waals surface area contributed by atoms with E-state index in [1.54, 1.807) is 43.5 Å². The maximum absolute atomic E-state index is 13.1. The van der Waals surface area contributed by atoms with Crippen molar-refractivity contribution in [3.63, 3.8) is 0 Å². The van der Waals surface area contributed by atoms with Crippen molar-refractivity contribution < 1.29 is 14.6 Å². The Labute approximate surface area is 149 Å². The van der Waals surface area contributed by atoms with Gasteiger partial charge in [-0.25, -0.2) is 4.79 Å². The molecule has 0 aliphatic carbocycles. The molecule has 130 valence electrons. The van der Waals surface area contributed by atoms with E-state index in [1.165, 1.54) is 10.6 Å². The fraction of sp³-hybridized carbons (Fsp3) is 0.150. The van der Waals surface area contributed by atoms with Crippen molar-refractivity contribution in [1.29, 1.82) is 0 Å². The molecule has 1 aliphatic rings. The molecular formula is C20H16N2O4. The molecule has 0 saturated heterocycles. The van der Waals surface area contributed by atoms with E-state index in [0.717, 1.165) is 5.69 Å². The number of aryl methyl sites for hydroxylation is 1. The van der Waals surface area contributed by atoms with E-state index < -0.39 is 17.6 Å². The van der Waals surface area contributed by atoms with E-state index in [4.69, 9.17) is 4.74 Å². The quantitative estimate of drug-likeness (QED) is 0.736. The lowest BCUT2D eigenvalue weighted by molar-refractivity contribution is 0.0450. The van der Waals surface area contributed by atoms with Gasteiger partial charge in [0.25, 0.3) is 5.56 Å². The molecule has 3 heterocycles. The first-order chi connectivity index (χ1) is 12.6. The lowest BCUT2D eigenvalue weighted by atomic mass is 9.99. The van der Waals surface area contributed by atoms with Gasteiger partial charge in [0.2, 0.25) is 0 Å². The second-order valence-electron chi connectivity index (χ2n) is 6.17. The van der Waals surface area contributed by atoms with E-state index in [-0.39, 0.29) is 17.9 Å². The van der Waals surface area contributed by atoms with Crippen molar-refractivity contribution in [1.82, 2.24) is 9.55 Å². The Hall–Kier alpha value is -3.41. The minimum Gasteiger partial charge on any atom is -0.507 e. The van der Waals surface area contributed by atoms with Crippen LogP contribution in [-0.4, -0.2) is 20.6 Å². The number of carbonyl (C=O) groups is 1. The Morgan fingerprint density at radius 3 is 2.69 bits per heavy atom. The third-order valence-corrected chi connectivity index (χ3v) is 4.52. The molecule has 2 aromatic heterocycles. The molecule has 1 atom stereocenters. The second kappa shape index (κ2) is 6.15. The molecule has 6 nitrogen and oxygen atoms in total. The molecule has 0 fully saturated rings. The fourth-order valence-corrected chi connectivity index (χ4v) is 3.23. The molecule has 1 N–H and O–H groups in total. The highest BCUT2D eigenvalue weighted by molar-refractivity contribution is 5.94. The highest BCUT2D eigenvalue weighted by Crippen LogP contribution is 2.37. The molecule has 4 rings (SSSR count). The lowest BCUT2D eigenvalue weighted by Crippen LogP contribution is -2.28. The van der Waals surface area contributed by atoms with Crippen LogP contribution < -0.4 is 5.56 Å². The zero-order valence-electron chi connectivity index (χ0n) is 14.0. The van der Waals surface area contributed by atoms with E-state index in [1.807, 2.05) is 12.1 Å². The predicted octanol–water partition coefficient (Wildman–Crippen LogP) is 2.57. The van der Waals surface area contributed by atoms with Crippen LogP contribution in [0.2, 0.25) is 0 Å². The Morgan fingerprint density at radius 1 is 1.15 bits per heavy atom. The van der Waals surface area contributed by atoms with Gasteiger partial charge in [0.05, 0.1) is 17.8 Å². The van der Waals surface area contributed by atoms with Crippen LogP contribution >= 0.6 is 0 Å². The monoisotopic (exact) mass is 348 g/mol. The Balaban J connectivity index is 1.85. The molecule has 0 radical (unpaired) electrons. The van der Waals surface area contributed by atoms with Crippen molar-refractivity contribution in [2.45, 2.75) is 19.6 Å². The van der Waals surface area contributed by atoms with Gasteiger partial charge in [-0.3, -0.25) is 9.78 Å². The van der Waals surface area contributed by atoms with Crippen molar-refractivity contribution in [3.05, 3.63) is 93.2 Å². The Bertz CT molecular complexity index is 1060. The summed E-state index contributed by atoms with van der Waals surface area (Å²) in [6.07, 6.45) is 0.744. The number of benzene rings is 1. The smallest absolute Gasteiger partial charge is 0.339 e. The van der Waals surface area contributed by atoms with Crippen molar-refractivity contribution in [2.24, 2.45) is 0 Å². The van der Waals surface area contributed by atoms with Crippen LogP contribution in [0.25, 0.3) is 0 Å². The number of carbonyl (C=O) groups excluding carboxylic acids is 1. The molecule has 26 heavy (non-hydrogen) atoms. The summed E-state index contributed by atoms with van der Waals surface area (Å²) in [5, 5.41) is 10.4. The first-order valence-electron chi connectivity index (χ1n) is 8.19. The Morgan fingerprint density at radius 2 is 1.92 bits per heavy atom. The molecule has 0 bridgehead atoms. The number of ether oxygens (including phenoxy) is 1. The normalized spacial score (nSPS) is 15.6. The maximum Gasteiger partial charge on any atom is 0.339 e. The minimum atomic E-state index is -0.915. The molecule has 6 heteroatoms. The van der Waals surface area contributed by atoms with Gasteiger partial charge in [-0.15, -0.1) is 0 Å². The van der Waals surface area contributed by atoms with Gasteiger partial charge >= 0.3 is 5.97 Å². The second-order valence-corrected chi connectivity index (χ2v) is 6.17. The average Bonchev–Trinajstić information content (AvgIpc) is 2.96. The Kier molecular flexibility index (Phi) is 3.80. The molecule has 3 aromatic rings. The van der Waals surface area contributed by atoms with Crippen molar-refractivity contribution in [3.8, 4) is 5.75 Å². The zero-order valence-corrected chi connectivity index (χ0v) is 14.0. The fourth-order valence-electron chi connectivity index (χ4n) is 3.23. The molecule has 0 saturated carbocycles. The highest BCUT2D eigenvalue weighted by atomic mass is 16.5. The molecule has 0 unspecified atom stereocenters. The van der Waals surface area contributed by atoms with Gasteiger partial charge in [0.1, 0.15) is 11.3 Å². The van der Waals surface area contributed by atoms with E-state index in [9.17, 15) is 14.7 Å². The average molecular weight is 348 g/mol. The molecular weight excluding hydrogens is 332 g/mol. The number of hydrogen-bond acceptors (Lipinski definition) is 5. The number of nitrogens with zero attached hydrogens (tertiary/aromatic N) is 2.